The molecule has 0 aliphatic heterocycles. The van der Waals surface area contributed by atoms with E-state index in [9.17, 15) is 5.11 Å². The average Bonchev–Trinajstić information content (AvgIpc) is 2.05. The standard InChI is InChI=1S/C10H22O/c1-4-7-8-9(5-2)10(11)6-3/h9-11H,4-8H2,1-3H3/t9-,10-/m0/s1. The monoisotopic (exact) mass is 158 g/mol. The maximum absolute atomic E-state index is 9.54. The molecule has 0 spiro atoms. The maximum Gasteiger partial charge on any atom is 0.0565 e. The van der Waals surface area contributed by atoms with Gasteiger partial charge in [0.25, 0.3) is 0 Å². The molecular formula is C10H22O. The minimum atomic E-state index is -0.0634. The second-order valence-electron chi connectivity index (χ2n) is 3.29. The molecule has 0 aromatic rings. The van der Waals surface area contributed by atoms with Gasteiger partial charge in [-0.2, -0.15) is 0 Å². The van der Waals surface area contributed by atoms with Gasteiger partial charge in [0.2, 0.25) is 0 Å². The maximum atomic E-state index is 9.54. The number of rotatable bonds is 6. The molecule has 0 rings (SSSR count). The highest BCUT2D eigenvalue weighted by atomic mass is 16.3. The Morgan fingerprint density at radius 1 is 1.09 bits per heavy atom. The quantitative estimate of drug-likeness (QED) is 0.630. The molecule has 0 aromatic heterocycles. The van der Waals surface area contributed by atoms with Crippen molar-refractivity contribution in [3.8, 4) is 0 Å². The highest BCUT2D eigenvalue weighted by Gasteiger charge is 2.13. The van der Waals surface area contributed by atoms with E-state index in [2.05, 4.69) is 20.8 Å². The van der Waals surface area contributed by atoms with E-state index < -0.39 is 0 Å². The summed E-state index contributed by atoms with van der Waals surface area (Å²) in [5.41, 5.74) is 0. The van der Waals surface area contributed by atoms with E-state index in [0.29, 0.717) is 5.92 Å². The van der Waals surface area contributed by atoms with Gasteiger partial charge in [-0.1, -0.05) is 40.0 Å². The Hall–Kier alpha value is -0.0400. The first kappa shape index (κ1) is 11.0. The van der Waals surface area contributed by atoms with Crippen molar-refractivity contribution in [2.45, 2.75) is 59.0 Å². The van der Waals surface area contributed by atoms with Crippen molar-refractivity contribution in [2.75, 3.05) is 0 Å². The van der Waals surface area contributed by atoms with E-state index in [4.69, 9.17) is 0 Å². The van der Waals surface area contributed by atoms with E-state index in [1.54, 1.807) is 0 Å². The molecule has 0 bridgehead atoms. The highest BCUT2D eigenvalue weighted by Crippen LogP contribution is 2.18. The first-order valence-corrected chi connectivity index (χ1v) is 4.94. The van der Waals surface area contributed by atoms with Crippen LogP contribution in [-0.4, -0.2) is 11.2 Å². The normalized spacial score (nSPS) is 16.4. The Labute approximate surface area is 70.8 Å². The molecule has 0 fully saturated rings. The van der Waals surface area contributed by atoms with Crippen LogP contribution in [0.4, 0.5) is 0 Å². The van der Waals surface area contributed by atoms with Crippen LogP contribution in [0.15, 0.2) is 0 Å². The summed E-state index contributed by atoms with van der Waals surface area (Å²) < 4.78 is 0. The Kier molecular flexibility index (Phi) is 6.63. The van der Waals surface area contributed by atoms with Crippen molar-refractivity contribution in [2.24, 2.45) is 5.92 Å². The van der Waals surface area contributed by atoms with Crippen LogP contribution < -0.4 is 0 Å². The molecule has 0 unspecified atom stereocenters. The van der Waals surface area contributed by atoms with E-state index in [-0.39, 0.29) is 6.10 Å². The predicted octanol–water partition coefficient (Wildman–Crippen LogP) is 2.97. The predicted molar refractivity (Wildman–Crippen MR) is 49.6 cm³/mol. The minimum absolute atomic E-state index is 0.0634. The molecule has 0 saturated carbocycles. The molecule has 0 aliphatic carbocycles. The number of hydrogen-bond acceptors (Lipinski definition) is 1. The van der Waals surface area contributed by atoms with Gasteiger partial charge < -0.3 is 5.11 Å². The van der Waals surface area contributed by atoms with E-state index in [1.165, 1.54) is 19.3 Å². The second kappa shape index (κ2) is 6.66. The average molecular weight is 158 g/mol. The zero-order valence-corrected chi connectivity index (χ0v) is 8.14. The van der Waals surface area contributed by atoms with Gasteiger partial charge in [-0.25, -0.2) is 0 Å². The third kappa shape index (κ3) is 4.41. The molecule has 0 radical (unpaired) electrons. The fourth-order valence-electron chi connectivity index (χ4n) is 1.47. The van der Waals surface area contributed by atoms with Crippen LogP contribution in [0.1, 0.15) is 52.9 Å². The first-order chi connectivity index (χ1) is 5.26. The van der Waals surface area contributed by atoms with Crippen molar-refractivity contribution in [1.29, 1.82) is 0 Å². The van der Waals surface area contributed by atoms with Gasteiger partial charge in [0.1, 0.15) is 0 Å². The van der Waals surface area contributed by atoms with Crippen LogP contribution in [0, 0.1) is 5.92 Å². The lowest BCUT2D eigenvalue weighted by Gasteiger charge is -2.19. The third-order valence-corrected chi connectivity index (χ3v) is 2.42. The molecule has 1 N–H and O–H groups in total. The molecule has 2 atom stereocenters. The molecule has 0 saturated heterocycles. The van der Waals surface area contributed by atoms with Crippen LogP contribution in [0.2, 0.25) is 0 Å². The van der Waals surface area contributed by atoms with E-state index >= 15 is 0 Å². The summed E-state index contributed by atoms with van der Waals surface area (Å²) in [6, 6.07) is 0. The Balaban J connectivity index is 3.56. The largest absolute Gasteiger partial charge is 0.393 e. The van der Waals surface area contributed by atoms with E-state index in [1.807, 2.05) is 0 Å². The van der Waals surface area contributed by atoms with Crippen molar-refractivity contribution in [3.63, 3.8) is 0 Å². The van der Waals surface area contributed by atoms with Crippen molar-refractivity contribution in [1.82, 2.24) is 0 Å². The topological polar surface area (TPSA) is 20.2 Å². The Morgan fingerprint density at radius 3 is 2.09 bits per heavy atom. The lowest BCUT2D eigenvalue weighted by atomic mass is 9.92. The van der Waals surface area contributed by atoms with E-state index in [0.717, 1.165) is 12.8 Å². The summed E-state index contributed by atoms with van der Waals surface area (Å²) in [5, 5.41) is 9.54. The fourth-order valence-corrected chi connectivity index (χ4v) is 1.47. The highest BCUT2D eigenvalue weighted by molar-refractivity contribution is 4.65. The number of unbranched alkanes of at least 4 members (excludes halogenated alkanes) is 1. The van der Waals surface area contributed by atoms with Crippen LogP contribution in [0.3, 0.4) is 0 Å². The van der Waals surface area contributed by atoms with Gasteiger partial charge in [0, 0.05) is 0 Å². The van der Waals surface area contributed by atoms with Gasteiger partial charge >= 0.3 is 0 Å². The molecule has 0 amide bonds. The zero-order valence-electron chi connectivity index (χ0n) is 8.14. The van der Waals surface area contributed by atoms with Crippen LogP contribution >= 0.6 is 0 Å². The molecule has 1 heteroatoms. The number of aliphatic hydroxyl groups excluding tert-OH is 1. The van der Waals surface area contributed by atoms with Crippen molar-refractivity contribution < 1.29 is 5.11 Å². The molecule has 0 aliphatic rings. The first-order valence-electron chi connectivity index (χ1n) is 4.94. The summed E-state index contributed by atoms with van der Waals surface area (Å²) in [4.78, 5) is 0. The minimum Gasteiger partial charge on any atom is -0.393 e. The van der Waals surface area contributed by atoms with Crippen molar-refractivity contribution >= 4 is 0 Å². The lowest BCUT2D eigenvalue weighted by molar-refractivity contribution is 0.0949. The van der Waals surface area contributed by atoms with Gasteiger partial charge in [-0.15, -0.1) is 0 Å². The summed E-state index contributed by atoms with van der Waals surface area (Å²) in [7, 11) is 0. The molecule has 1 nitrogen and oxygen atoms in total. The second-order valence-corrected chi connectivity index (χ2v) is 3.29. The summed E-state index contributed by atoms with van der Waals surface area (Å²) in [6.07, 6.45) is 5.66. The molecule has 11 heavy (non-hydrogen) atoms. The number of aliphatic hydroxyl groups is 1. The third-order valence-electron chi connectivity index (χ3n) is 2.42. The van der Waals surface area contributed by atoms with Gasteiger partial charge in [0.15, 0.2) is 0 Å². The summed E-state index contributed by atoms with van der Waals surface area (Å²) >= 11 is 0. The van der Waals surface area contributed by atoms with Gasteiger partial charge in [-0.05, 0) is 18.8 Å². The number of hydrogen-bond donors (Lipinski definition) is 1. The molecule has 0 aromatic carbocycles. The Morgan fingerprint density at radius 2 is 1.73 bits per heavy atom. The van der Waals surface area contributed by atoms with Crippen molar-refractivity contribution in [3.05, 3.63) is 0 Å². The van der Waals surface area contributed by atoms with Gasteiger partial charge in [0.05, 0.1) is 6.10 Å². The molecule has 0 heterocycles. The SMILES string of the molecule is CCCC[C@H](CC)[C@@H](O)CC. The zero-order chi connectivity index (χ0) is 8.69. The summed E-state index contributed by atoms with van der Waals surface area (Å²) in [6.45, 7) is 6.42. The Bertz CT molecular complexity index is 80.9. The van der Waals surface area contributed by atoms with Gasteiger partial charge in [-0.3, -0.25) is 0 Å². The van der Waals surface area contributed by atoms with Crippen LogP contribution in [-0.2, 0) is 0 Å². The van der Waals surface area contributed by atoms with Crippen LogP contribution in [0.25, 0.3) is 0 Å². The lowest BCUT2D eigenvalue weighted by Crippen LogP contribution is -2.18. The van der Waals surface area contributed by atoms with Crippen LogP contribution in [0.5, 0.6) is 0 Å². The fraction of sp³-hybridized carbons (Fsp3) is 1.00. The molecule has 68 valence electrons. The molecular weight excluding hydrogens is 136 g/mol. The smallest absolute Gasteiger partial charge is 0.0565 e. The summed E-state index contributed by atoms with van der Waals surface area (Å²) in [5.74, 6) is 0.542.